The third kappa shape index (κ3) is 1.99. The van der Waals surface area contributed by atoms with Gasteiger partial charge in [-0.25, -0.2) is 0 Å². The Labute approximate surface area is 98.5 Å². The summed E-state index contributed by atoms with van der Waals surface area (Å²) in [6, 6.07) is 4.85. The van der Waals surface area contributed by atoms with E-state index in [0.717, 1.165) is 0 Å². The van der Waals surface area contributed by atoms with Crippen LogP contribution in [0.5, 0.6) is 0 Å². The summed E-state index contributed by atoms with van der Waals surface area (Å²) >= 11 is 0. The molecule has 1 heterocycles. The van der Waals surface area contributed by atoms with Crippen LogP contribution in [-0.2, 0) is 6.42 Å². The Morgan fingerprint density at radius 2 is 2.38 bits per heavy atom. The predicted octanol–water partition coefficient (Wildman–Crippen LogP) is 2.75. The topological polar surface area (TPSA) is 24.9 Å². The highest BCUT2D eigenvalue weighted by Gasteiger charge is 2.32. The lowest BCUT2D eigenvalue weighted by molar-refractivity contribution is 0.329. The van der Waals surface area contributed by atoms with Crippen LogP contribution in [0.25, 0.3) is 0 Å². The Morgan fingerprint density at radius 3 is 3.06 bits per heavy atom. The van der Waals surface area contributed by atoms with E-state index in [-0.39, 0.29) is 0 Å². The van der Waals surface area contributed by atoms with Gasteiger partial charge >= 0.3 is 0 Å². The van der Waals surface area contributed by atoms with Gasteiger partial charge in [-0.1, -0.05) is 26.3 Å². The van der Waals surface area contributed by atoms with Gasteiger partial charge in [0, 0.05) is 23.9 Å². The molecule has 1 aromatic rings. The van der Waals surface area contributed by atoms with E-state index in [9.17, 15) is 0 Å². The van der Waals surface area contributed by atoms with Crippen LogP contribution in [0.15, 0.2) is 18.3 Å². The largest absolute Gasteiger partial charge is 0.316 e. The number of pyridine rings is 1. The summed E-state index contributed by atoms with van der Waals surface area (Å²) in [5.74, 6) is 1.32. The fraction of sp³-hybridized carbons (Fsp3) is 0.643. The Kier molecular flexibility index (Phi) is 3.59. The molecular formula is C14H22N2. The number of hydrogen-bond donors (Lipinski definition) is 1. The molecule has 0 radical (unpaired) electrons. The Hall–Kier alpha value is -0.890. The van der Waals surface area contributed by atoms with Gasteiger partial charge in [-0.05, 0) is 37.4 Å². The van der Waals surface area contributed by atoms with Crippen molar-refractivity contribution in [3.05, 3.63) is 29.6 Å². The minimum atomic E-state index is 0.571. The molecule has 2 nitrogen and oxygen atoms in total. The molecule has 3 unspecified atom stereocenters. The summed E-state index contributed by atoms with van der Waals surface area (Å²) in [4.78, 5) is 4.59. The van der Waals surface area contributed by atoms with E-state index >= 15 is 0 Å². The molecule has 2 heteroatoms. The third-order valence-electron chi connectivity index (χ3n) is 4.03. The summed E-state index contributed by atoms with van der Waals surface area (Å²) < 4.78 is 0. The molecule has 1 aromatic heterocycles. The van der Waals surface area contributed by atoms with Gasteiger partial charge in [-0.3, -0.25) is 4.98 Å². The van der Waals surface area contributed by atoms with Crippen LogP contribution < -0.4 is 5.32 Å². The van der Waals surface area contributed by atoms with Gasteiger partial charge < -0.3 is 5.32 Å². The summed E-state index contributed by atoms with van der Waals surface area (Å²) in [5.41, 5.74) is 2.79. The number of hydrogen-bond acceptors (Lipinski definition) is 2. The van der Waals surface area contributed by atoms with E-state index < -0.39 is 0 Å². The van der Waals surface area contributed by atoms with Crippen molar-refractivity contribution >= 4 is 0 Å². The average Bonchev–Trinajstić information content (AvgIpc) is 2.74. The summed E-state index contributed by atoms with van der Waals surface area (Å²) in [5, 5.41) is 3.50. The number of rotatable bonds is 4. The predicted molar refractivity (Wildman–Crippen MR) is 67.6 cm³/mol. The molecule has 1 aliphatic rings. The van der Waals surface area contributed by atoms with E-state index in [1.807, 2.05) is 6.20 Å². The molecule has 0 fully saturated rings. The number of aromatic nitrogens is 1. The minimum Gasteiger partial charge on any atom is -0.316 e. The lowest BCUT2D eigenvalue weighted by Gasteiger charge is -2.28. The second kappa shape index (κ2) is 4.96. The smallest absolute Gasteiger partial charge is 0.0482 e. The highest BCUT2D eigenvalue weighted by Crippen LogP contribution is 2.36. The number of nitrogens with zero attached hydrogens (tertiary/aromatic N) is 1. The Bertz CT molecular complexity index is 348. The molecule has 0 saturated carbocycles. The second-order valence-corrected chi connectivity index (χ2v) is 4.89. The van der Waals surface area contributed by atoms with Gasteiger partial charge in [-0.15, -0.1) is 0 Å². The lowest BCUT2D eigenvalue weighted by atomic mass is 9.86. The van der Waals surface area contributed by atoms with E-state index in [1.54, 1.807) is 0 Å². The van der Waals surface area contributed by atoms with Crippen molar-refractivity contribution in [2.75, 3.05) is 7.05 Å². The molecule has 0 aliphatic heterocycles. The molecule has 0 aromatic carbocycles. The molecule has 0 bridgehead atoms. The van der Waals surface area contributed by atoms with E-state index in [4.69, 9.17) is 0 Å². The van der Waals surface area contributed by atoms with Gasteiger partial charge in [0.05, 0.1) is 0 Å². The maximum absolute atomic E-state index is 4.59. The number of fused-ring (bicyclic) bond motifs is 1. The van der Waals surface area contributed by atoms with Crippen molar-refractivity contribution in [1.82, 2.24) is 10.3 Å². The maximum Gasteiger partial charge on any atom is 0.0482 e. The molecule has 1 N–H and O–H groups in total. The third-order valence-corrected chi connectivity index (χ3v) is 4.03. The fourth-order valence-corrected chi connectivity index (χ4v) is 2.93. The molecular weight excluding hydrogens is 196 g/mol. The zero-order chi connectivity index (χ0) is 11.5. The van der Waals surface area contributed by atoms with E-state index in [1.165, 1.54) is 30.5 Å². The van der Waals surface area contributed by atoms with Gasteiger partial charge in [0.15, 0.2) is 0 Å². The molecule has 88 valence electrons. The highest BCUT2D eigenvalue weighted by molar-refractivity contribution is 5.30. The molecule has 16 heavy (non-hydrogen) atoms. The summed E-state index contributed by atoms with van der Waals surface area (Å²) in [6.07, 6.45) is 5.61. The van der Waals surface area contributed by atoms with Crippen molar-refractivity contribution < 1.29 is 0 Å². The Balaban J connectivity index is 2.23. The van der Waals surface area contributed by atoms with Crippen molar-refractivity contribution in [3.63, 3.8) is 0 Å². The quantitative estimate of drug-likeness (QED) is 0.840. The van der Waals surface area contributed by atoms with E-state index in [0.29, 0.717) is 17.9 Å². The van der Waals surface area contributed by atoms with Crippen molar-refractivity contribution in [1.29, 1.82) is 0 Å². The average molecular weight is 218 g/mol. The number of nitrogens with one attached hydrogen (secondary N) is 1. The first-order chi connectivity index (χ1) is 7.77. The molecule has 2 rings (SSSR count). The van der Waals surface area contributed by atoms with Gasteiger partial charge in [-0.2, -0.15) is 0 Å². The van der Waals surface area contributed by atoms with Crippen LogP contribution in [-0.4, -0.2) is 18.1 Å². The lowest BCUT2D eigenvalue weighted by Crippen LogP contribution is -2.37. The van der Waals surface area contributed by atoms with Gasteiger partial charge in [0.25, 0.3) is 0 Å². The zero-order valence-electron chi connectivity index (χ0n) is 10.5. The van der Waals surface area contributed by atoms with Gasteiger partial charge in [0.2, 0.25) is 0 Å². The fourth-order valence-electron chi connectivity index (χ4n) is 2.93. The highest BCUT2D eigenvalue weighted by atomic mass is 14.9. The van der Waals surface area contributed by atoms with Crippen LogP contribution in [0.1, 0.15) is 43.9 Å². The van der Waals surface area contributed by atoms with Crippen molar-refractivity contribution in [2.45, 2.75) is 45.1 Å². The second-order valence-electron chi connectivity index (χ2n) is 4.89. The SMILES string of the molecule is CCC(C)C(NC)C1CCc2cccnc21. The van der Waals surface area contributed by atoms with Crippen LogP contribution in [0.2, 0.25) is 0 Å². The molecule has 3 atom stereocenters. The molecule has 1 aliphatic carbocycles. The number of likely N-dealkylation sites (N-methyl/N-ethyl adjacent to an activating group) is 1. The molecule has 0 amide bonds. The monoisotopic (exact) mass is 218 g/mol. The van der Waals surface area contributed by atoms with E-state index in [2.05, 4.69) is 43.3 Å². The Morgan fingerprint density at radius 1 is 1.56 bits per heavy atom. The van der Waals surface area contributed by atoms with Crippen LogP contribution in [0.3, 0.4) is 0 Å². The standard InChI is InChI=1S/C14H22N2/c1-4-10(2)13(15-3)12-8-7-11-6-5-9-16-14(11)12/h5-6,9-10,12-13,15H,4,7-8H2,1-3H3. The van der Waals surface area contributed by atoms with Crippen LogP contribution in [0.4, 0.5) is 0 Å². The molecule has 0 saturated heterocycles. The first kappa shape index (κ1) is 11.6. The van der Waals surface area contributed by atoms with Crippen molar-refractivity contribution in [3.8, 4) is 0 Å². The first-order valence-corrected chi connectivity index (χ1v) is 6.39. The summed E-state index contributed by atoms with van der Waals surface area (Å²) in [7, 11) is 2.08. The van der Waals surface area contributed by atoms with Crippen molar-refractivity contribution in [2.24, 2.45) is 5.92 Å². The minimum absolute atomic E-state index is 0.571. The zero-order valence-corrected chi connectivity index (χ0v) is 10.5. The number of aryl methyl sites for hydroxylation is 1. The normalized spacial score (nSPS) is 22.8. The maximum atomic E-state index is 4.59. The summed E-state index contributed by atoms with van der Waals surface area (Å²) in [6.45, 7) is 4.60. The molecule has 0 spiro atoms. The first-order valence-electron chi connectivity index (χ1n) is 6.39. The van der Waals surface area contributed by atoms with Gasteiger partial charge in [0.1, 0.15) is 0 Å². The van der Waals surface area contributed by atoms with Crippen LogP contribution >= 0.6 is 0 Å². The van der Waals surface area contributed by atoms with Crippen LogP contribution in [0, 0.1) is 5.92 Å².